The molecule has 0 spiro atoms. The van der Waals surface area contributed by atoms with E-state index in [1.165, 1.54) is 9.47 Å². The van der Waals surface area contributed by atoms with Crippen LogP contribution in [0, 0.1) is 0 Å². The van der Waals surface area contributed by atoms with Crippen molar-refractivity contribution < 1.29 is 9.59 Å². The molecule has 1 saturated heterocycles. The van der Waals surface area contributed by atoms with Crippen molar-refractivity contribution in [1.82, 2.24) is 24.3 Å². The highest BCUT2D eigenvalue weighted by atomic mass is 16.2. The lowest BCUT2D eigenvalue weighted by atomic mass is 9.99. The number of aromatic nitrogens is 3. The highest BCUT2D eigenvalue weighted by Crippen LogP contribution is 2.19. The van der Waals surface area contributed by atoms with E-state index in [9.17, 15) is 14.4 Å². The van der Waals surface area contributed by atoms with E-state index in [0.29, 0.717) is 24.3 Å². The number of hydrogen-bond acceptors (Lipinski definition) is 4. The van der Waals surface area contributed by atoms with Gasteiger partial charge in [-0.15, -0.1) is 0 Å². The Kier molecular flexibility index (Phi) is 4.14. The summed E-state index contributed by atoms with van der Waals surface area (Å²) in [6.07, 6.45) is 1.63. The van der Waals surface area contributed by atoms with Crippen LogP contribution in [0.25, 0.3) is 11.2 Å². The number of nitrogens with zero attached hydrogens (tertiary/aromatic N) is 4. The highest BCUT2D eigenvalue weighted by molar-refractivity contribution is 5.92. The molecular weight excluding hydrogens is 322 g/mol. The van der Waals surface area contributed by atoms with Crippen LogP contribution in [0.15, 0.2) is 23.1 Å². The summed E-state index contributed by atoms with van der Waals surface area (Å²) in [6.45, 7) is 7.95. The first-order chi connectivity index (χ1) is 11.7. The number of nitrogens with one attached hydrogen (secondary N) is 1. The van der Waals surface area contributed by atoms with Crippen LogP contribution >= 0.6 is 0 Å². The average molecular weight is 345 g/mol. The van der Waals surface area contributed by atoms with Gasteiger partial charge in [-0.25, -0.2) is 9.78 Å². The Morgan fingerprint density at radius 3 is 2.76 bits per heavy atom. The number of amides is 2. The first-order valence-electron chi connectivity index (χ1n) is 8.39. The topological polar surface area (TPSA) is 89.2 Å². The number of carbonyl (C=O) groups is 2. The third kappa shape index (κ3) is 2.71. The minimum atomic E-state index is -0.937. The molecule has 2 amide bonds. The number of rotatable bonds is 3. The Balaban J connectivity index is 2.01. The van der Waals surface area contributed by atoms with E-state index in [2.05, 4.69) is 10.3 Å². The molecule has 1 aliphatic rings. The fourth-order valence-electron chi connectivity index (χ4n) is 3.28. The maximum atomic E-state index is 12.9. The van der Waals surface area contributed by atoms with Crippen LogP contribution in [-0.4, -0.2) is 49.5 Å². The Labute approximate surface area is 145 Å². The second-order valence-electron chi connectivity index (χ2n) is 7.04. The highest BCUT2D eigenvalue weighted by Gasteiger charge is 2.40. The first-order valence-corrected chi connectivity index (χ1v) is 8.39. The van der Waals surface area contributed by atoms with Crippen molar-refractivity contribution >= 4 is 23.0 Å². The van der Waals surface area contributed by atoms with E-state index in [0.717, 1.165) is 0 Å². The molecule has 8 nitrogen and oxygen atoms in total. The van der Waals surface area contributed by atoms with Crippen LogP contribution < -0.4 is 11.0 Å². The summed E-state index contributed by atoms with van der Waals surface area (Å²) in [6, 6.07) is 3.45. The van der Waals surface area contributed by atoms with Crippen LogP contribution in [0.5, 0.6) is 0 Å². The van der Waals surface area contributed by atoms with Gasteiger partial charge in [-0.3, -0.25) is 18.7 Å². The van der Waals surface area contributed by atoms with Gasteiger partial charge in [-0.1, -0.05) is 0 Å². The van der Waals surface area contributed by atoms with E-state index in [-0.39, 0.29) is 30.1 Å². The second kappa shape index (κ2) is 6.02. The standard InChI is InChI=1S/C17H23N5O3/c1-11(2)22-14-12(6-5-7-18-14)20(16(22)25)10-13(23)21-9-8-19-15(24)17(21,3)4/h5-7,11H,8-10H2,1-4H3,(H,19,24). The number of pyridine rings is 1. The molecule has 0 atom stereocenters. The molecule has 1 fully saturated rings. The van der Waals surface area contributed by atoms with Gasteiger partial charge in [0.25, 0.3) is 0 Å². The minimum absolute atomic E-state index is 0.0709. The third-order valence-electron chi connectivity index (χ3n) is 4.68. The van der Waals surface area contributed by atoms with E-state index in [1.54, 1.807) is 36.7 Å². The molecule has 0 aromatic carbocycles. The molecule has 0 saturated carbocycles. The quantitative estimate of drug-likeness (QED) is 0.878. The molecule has 3 rings (SSSR count). The summed E-state index contributed by atoms with van der Waals surface area (Å²) in [5.41, 5.74) is -0.0239. The molecular formula is C17H23N5O3. The summed E-state index contributed by atoms with van der Waals surface area (Å²) in [7, 11) is 0. The summed E-state index contributed by atoms with van der Waals surface area (Å²) in [5, 5.41) is 2.77. The van der Waals surface area contributed by atoms with Crippen LogP contribution in [0.4, 0.5) is 0 Å². The van der Waals surface area contributed by atoms with E-state index in [4.69, 9.17) is 0 Å². The number of fused-ring (bicyclic) bond motifs is 1. The van der Waals surface area contributed by atoms with Crippen LogP contribution in [0.2, 0.25) is 0 Å². The van der Waals surface area contributed by atoms with Crippen LogP contribution in [0.3, 0.4) is 0 Å². The van der Waals surface area contributed by atoms with Crippen molar-refractivity contribution in [2.75, 3.05) is 13.1 Å². The van der Waals surface area contributed by atoms with Gasteiger partial charge in [0.2, 0.25) is 11.8 Å². The van der Waals surface area contributed by atoms with Crippen molar-refractivity contribution in [3.05, 3.63) is 28.8 Å². The Morgan fingerprint density at radius 2 is 2.08 bits per heavy atom. The monoisotopic (exact) mass is 345 g/mol. The molecule has 0 aliphatic carbocycles. The Bertz CT molecular complexity index is 893. The molecule has 1 N–H and O–H groups in total. The van der Waals surface area contributed by atoms with Crippen molar-refractivity contribution in [2.24, 2.45) is 0 Å². The number of hydrogen-bond donors (Lipinski definition) is 1. The normalized spacial score (nSPS) is 17.2. The van der Waals surface area contributed by atoms with Gasteiger partial charge in [-0.05, 0) is 39.8 Å². The number of carbonyl (C=O) groups excluding carboxylic acids is 2. The van der Waals surface area contributed by atoms with Gasteiger partial charge in [0, 0.05) is 25.3 Å². The molecule has 0 unspecified atom stereocenters. The molecule has 8 heteroatoms. The minimum Gasteiger partial charge on any atom is -0.352 e. The summed E-state index contributed by atoms with van der Waals surface area (Å²) >= 11 is 0. The predicted molar refractivity (Wildman–Crippen MR) is 93.2 cm³/mol. The van der Waals surface area contributed by atoms with Gasteiger partial charge >= 0.3 is 5.69 Å². The van der Waals surface area contributed by atoms with Gasteiger partial charge in [0.1, 0.15) is 12.1 Å². The molecule has 134 valence electrons. The first kappa shape index (κ1) is 17.2. The van der Waals surface area contributed by atoms with Gasteiger partial charge in [-0.2, -0.15) is 0 Å². The van der Waals surface area contributed by atoms with Crippen molar-refractivity contribution in [3.63, 3.8) is 0 Å². The van der Waals surface area contributed by atoms with Gasteiger partial charge in [0.15, 0.2) is 5.65 Å². The van der Waals surface area contributed by atoms with Crippen LogP contribution in [0.1, 0.15) is 33.7 Å². The lowest BCUT2D eigenvalue weighted by Gasteiger charge is -2.41. The molecule has 1 aliphatic heterocycles. The Hall–Kier alpha value is -2.64. The molecule has 3 heterocycles. The lowest BCUT2D eigenvalue weighted by molar-refractivity contribution is -0.149. The zero-order valence-corrected chi connectivity index (χ0v) is 14.9. The molecule has 2 aromatic rings. The average Bonchev–Trinajstić information content (AvgIpc) is 2.82. The molecule has 0 bridgehead atoms. The summed E-state index contributed by atoms with van der Waals surface area (Å²) in [5.74, 6) is -0.445. The van der Waals surface area contributed by atoms with E-state index in [1.807, 2.05) is 13.8 Å². The SMILES string of the molecule is CC(C)n1c(=O)n(CC(=O)N2CCNC(=O)C2(C)C)c2cccnc21. The van der Waals surface area contributed by atoms with Crippen molar-refractivity contribution in [2.45, 2.75) is 45.8 Å². The third-order valence-corrected chi connectivity index (χ3v) is 4.68. The van der Waals surface area contributed by atoms with Gasteiger partial charge in [0.05, 0.1) is 5.52 Å². The molecule has 0 radical (unpaired) electrons. The maximum absolute atomic E-state index is 12.9. The fraction of sp³-hybridized carbons (Fsp3) is 0.529. The van der Waals surface area contributed by atoms with Crippen molar-refractivity contribution in [1.29, 1.82) is 0 Å². The summed E-state index contributed by atoms with van der Waals surface area (Å²) in [4.78, 5) is 43.6. The largest absolute Gasteiger partial charge is 0.352 e. The fourth-order valence-corrected chi connectivity index (χ4v) is 3.28. The smallest absolute Gasteiger partial charge is 0.331 e. The summed E-state index contributed by atoms with van der Waals surface area (Å²) < 4.78 is 3.02. The van der Waals surface area contributed by atoms with E-state index < -0.39 is 5.54 Å². The number of imidazole rings is 1. The second-order valence-corrected chi connectivity index (χ2v) is 7.04. The molecule has 25 heavy (non-hydrogen) atoms. The lowest BCUT2D eigenvalue weighted by Crippen LogP contribution is -2.64. The van der Waals surface area contributed by atoms with Crippen molar-refractivity contribution in [3.8, 4) is 0 Å². The van der Waals surface area contributed by atoms with Gasteiger partial charge < -0.3 is 10.2 Å². The maximum Gasteiger partial charge on any atom is 0.331 e. The zero-order chi connectivity index (χ0) is 18.4. The zero-order valence-electron chi connectivity index (χ0n) is 14.9. The van der Waals surface area contributed by atoms with E-state index >= 15 is 0 Å². The predicted octanol–water partition coefficient (Wildman–Crippen LogP) is 0.516. The Morgan fingerprint density at radius 1 is 1.36 bits per heavy atom. The van der Waals surface area contributed by atoms with Crippen LogP contribution in [-0.2, 0) is 16.1 Å². The molecule has 2 aromatic heterocycles. The number of piperazine rings is 1.